The summed E-state index contributed by atoms with van der Waals surface area (Å²) in [5, 5.41) is 0.382. The molecule has 2 atom stereocenters. The average molecular weight is 526 g/mol. The molecule has 0 spiro atoms. The predicted octanol–water partition coefficient (Wildman–Crippen LogP) is 5.72. The van der Waals surface area contributed by atoms with E-state index < -0.39 is 41.9 Å². The molecule has 1 fully saturated rings. The number of imide groups is 1. The molecule has 0 radical (unpaired) electrons. The predicted molar refractivity (Wildman–Crippen MR) is 138 cm³/mol. The van der Waals surface area contributed by atoms with Crippen molar-refractivity contribution in [2.24, 2.45) is 0 Å². The number of amides is 2. The van der Waals surface area contributed by atoms with Gasteiger partial charge in [0.2, 0.25) is 0 Å². The fraction of sp³-hybridized carbons (Fsp3) is 0.821. The minimum Gasteiger partial charge on any atom is -0.451 e. The SMILES string of the molecule is CCCCCCCCCCCCCCCCCC(=O)O[C@@H](C)C(=O)O[C@@H](C)C(=O)ON1C(=O)CCC1=O. The molecule has 1 heterocycles. The number of rotatable bonds is 21. The minimum absolute atomic E-state index is 0.0351. The molecular formula is C28H47NO8. The lowest BCUT2D eigenvalue weighted by Crippen LogP contribution is -2.38. The van der Waals surface area contributed by atoms with Crippen molar-refractivity contribution in [2.75, 3.05) is 0 Å². The van der Waals surface area contributed by atoms with Gasteiger partial charge in [0.1, 0.15) is 0 Å². The maximum atomic E-state index is 12.1. The van der Waals surface area contributed by atoms with E-state index >= 15 is 0 Å². The number of nitrogens with zero attached hydrogens (tertiary/aromatic N) is 1. The molecule has 1 aliphatic rings. The molecule has 0 aromatic carbocycles. The van der Waals surface area contributed by atoms with Gasteiger partial charge in [0.15, 0.2) is 12.2 Å². The highest BCUT2D eigenvalue weighted by Gasteiger charge is 2.35. The van der Waals surface area contributed by atoms with Gasteiger partial charge in [-0.3, -0.25) is 14.4 Å². The third-order valence-corrected chi connectivity index (χ3v) is 6.44. The van der Waals surface area contributed by atoms with E-state index in [9.17, 15) is 24.0 Å². The summed E-state index contributed by atoms with van der Waals surface area (Å²) >= 11 is 0. The molecule has 2 amide bonds. The summed E-state index contributed by atoms with van der Waals surface area (Å²) in [6.07, 6.45) is 16.1. The van der Waals surface area contributed by atoms with Crippen molar-refractivity contribution in [1.29, 1.82) is 0 Å². The van der Waals surface area contributed by atoms with Crippen molar-refractivity contribution in [2.45, 2.75) is 149 Å². The third kappa shape index (κ3) is 14.8. The first-order valence-electron chi connectivity index (χ1n) is 14.2. The lowest BCUT2D eigenvalue weighted by Gasteiger charge is -2.18. The van der Waals surface area contributed by atoms with E-state index in [1.807, 2.05) is 0 Å². The first-order chi connectivity index (χ1) is 17.8. The molecular weight excluding hydrogens is 478 g/mol. The van der Waals surface area contributed by atoms with Gasteiger partial charge in [-0.15, -0.1) is 5.06 Å². The van der Waals surface area contributed by atoms with Gasteiger partial charge >= 0.3 is 17.9 Å². The number of hydrogen-bond donors (Lipinski definition) is 0. The number of hydroxylamine groups is 2. The van der Waals surface area contributed by atoms with E-state index in [1.165, 1.54) is 84.5 Å². The molecule has 0 saturated carbocycles. The quantitative estimate of drug-likeness (QED) is 0.106. The summed E-state index contributed by atoms with van der Waals surface area (Å²) in [6, 6.07) is 0. The molecule has 1 aliphatic heterocycles. The van der Waals surface area contributed by atoms with E-state index in [0.29, 0.717) is 11.5 Å². The highest BCUT2D eigenvalue weighted by atomic mass is 16.7. The molecule has 37 heavy (non-hydrogen) atoms. The molecule has 9 nitrogen and oxygen atoms in total. The monoisotopic (exact) mass is 525 g/mol. The summed E-state index contributed by atoms with van der Waals surface area (Å²) < 4.78 is 10.0. The van der Waals surface area contributed by atoms with Gasteiger partial charge in [-0.05, 0) is 20.3 Å². The smallest absolute Gasteiger partial charge is 0.373 e. The second-order valence-electron chi connectivity index (χ2n) is 9.90. The van der Waals surface area contributed by atoms with Crippen molar-refractivity contribution < 1.29 is 38.3 Å². The Kier molecular flexibility index (Phi) is 17.3. The maximum Gasteiger partial charge on any atom is 0.373 e. The average Bonchev–Trinajstić information content (AvgIpc) is 3.18. The van der Waals surface area contributed by atoms with Crippen molar-refractivity contribution in [3.63, 3.8) is 0 Å². The summed E-state index contributed by atoms with van der Waals surface area (Å²) in [6.45, 7) is 4.85. The van der Waals surface area contributed by atoms with E-state index in [1.54, 1.807) is 0 Å². The standard InChI is InChI=1S/C28H47NO8/c1-4-5-6-7-8-9-10-11-12-13-14-15-16-17-18-19-26(32)35-22(2)27(33)36-23(3)28(34)37-29-24(30)20-21-25(29)31/h22-23H,4-21H2,1-3H3/t22-,23-/m0/s1. The molecule has 212 valence electrons. The van der Waals surface area contributed by atoms with Crippen LogP contribution >= 0.6 is 0 Å². The van der Waals surface area contributed by atoms with Crippen LogP contribution < -0.4 is 0 Å². The number of esters is 2. The second-order valence-corrected chi connectivity index (χ2v) is 9.90. The van der Waals surface area contributed by atoms with Crippen LogP contribution in [0.1, 0.15) is 136 Å². The van der Waals surface area contributed by atoms with Crippen LogP contribution in [0, 0.1) is 0 Å². The Morgan fingerprint density at radius 1 is 0.649 bits per heavy atom. The van der Waals surface area contributed by atoms with Crippen LogP contribution in [0.5, 0.6) is 0 Å². The lowest BCUT2D eigenvalue weighted by atomic mass is 10.0. The molecule has 0 aromatic rings. The Hall–Kier alpha value is -2.45. The Balaban J connectivity index is 2.02. The summed E-state index contributed by atoms with van der Waals surface area (Å²) in [5.74, 6) is -3.72. The van der Waals surface area contributed by atoms with Crippen molar-refractivity contribution in [1.82, 2.24) is 5.06 Å². The number of carbonyl (C=O) groups is 5. The Morgan fingerprint density at radius 3 is 1.51 bits per heavy atom. The number of carbonyl (C=O) groups excluding carboxylic acids is 5. The fourth-order valence-electron chi connectivity index (χ4n) is 4.09. The normalized spacial score (nSPS) is 14.9. The zero-order chi connectivity index (χ0) is 27.5. The highest BCUT2D eigenvalue weighted by molar-refractivity contribution is 6.01. The van der Waals surface area contributed by atoms with E-state index in [4.69, 9.17) is 14.3 Å². The molecule has 0 unspecified atom stereocenters. The van der Waals surface area contributed by atoms with E-state index in [-0.39, 0.29) is 19.3 Å². The van der Waals surface area contributed by atoms with Crippen LogP contribution in [-0.2, 0) is 38.3 Å². The number of unbranched alkanes of at least 4 members (excludes halogenated alkanes) is 14. The summed E-state index contributed by atoms with van der Waals surface area (Å²) in [4.78, 5) is 63.8. The van der Waals surface area contributed by atoms with Crippen molar-refractivity contribution in [3.8, 4) is 0 Å². The van der Waals surface area contributed by atoms with Crippen molar-refractivity contribution >= 4 is 29.7 Å². The Bertz CT molecular complexity index is 707. The van der Waals surface area contributed by atoms with Crippen LogP contribution in [-0.4, -0.2) is 47.0 Å². The maximum absolute atomic E-state index is 12.1. The molecule has 0 N–H and O–H groups in total. The highest BCUT2D eigenvalue weighted by Crippen LogP contribution is 2.15. The minimum atomic E-state index is -1.37. The fourth-order valence-corrected chi connectivity index (χ4v) is 4.09. The van der Waals surface area contributed by atoms with E-state index in [2.05, 4.69) is 6.92 Å². The Morgan fingerprint density at radius 2 is 1.05 bits per heavy atom. The zero-order valence-electron chi connectivity index (χ0n) is 23.1. The molecule has 1 saturated heterocycles. The molecule has 9 heteroatoms. The van der Waals surface area contributed by atoms with Crippen molar-refractivity contribution in [3.05, 3.63) is 0 Å². The van der Waals surface area contributed by atoms with Crippen LogP contribution in [0.2, 0.25) is 0 Å². The molecule has 1 rings (SSSR count). The van der Waals surface area contributed by atoms with Crippen LogP contribution in [0.3, 0.4) is 0 Å². The second kappa shape index (κ2) is 19.6. The first-order valence-corrected chi connectivity index (χ1v) is 14.2. The van der Waals surface area contributed by atoms with Gasteiger partial charge in [-0.2, -0.15) is 0 Å². The van der Waals surface area contributed by atoms with E-state index in [0.717, 1.165) is 19.3 Å². The topological polar surface area (TPSA) is 116 Å². The van der Waals surface area contributed by atoms with Crippen LogP contribution in [0.15, 0.2) is 0 Å². The summed E-state index contributed by atoms with van der Waals surface area (Å²) in [5.41, 5.74) is 0. The summed E-state index contributed by atoms with van der Waals surface area (Å²) in [7, 11) is 0. The first kappa shape index (κ1) is 32.6. The van der Waals surface area contributed by atoms with Gasteiger partial charge in [0, 0.05) is 19.3 Å². The third-order valence-electron chi connectivity index (χ3n) is 6.44. The molecule has 0 aliphatic carbocycles. The Labute approximate surface area is 221 Å². The number of hydrogen-bond acceptors (Lipinski definition) is 8. The zero-order valence-corrected chi connectivity index (χ0v) is 23.1. The van der Waals surface area contributed by atoms with Gasteiger partial charge < -0.3 is 14.3 Å². The molecule has 0 aromatic heterocycles. The molecule has 0 bridgehead atoms. The van der Waals surface area contributed by atoms with Gasteiger partial charge in [-0.25, -0.2) is 9.59 Å². The van der Waals surface area contributed by atoms with Gasteiger partial charge in [-0.1, -0.05) is 96.8 Å². The number of ether oxygens (including phenoxy) is 2. The largest absolute Gasteiger partial charge is 0.451 e. The van der Waals surface area contributed by atoms with Gasteiger partial charge in [0.05, 0.1) is 0 Å². The van der Waals surface area contributed by atoms with Gasteiger partial charge in [0.25, 0.3) is 11.8 Å². The lowest BCUT2D eigenvalue weighted by molar-refractivity contribution is -0.206. The van der Waals surface area contributed by atoms with Crippen LogP contribution in [0.4, 0.5) is 0 Å². The van der Waals surface area contributed by atoms with Crippen LogP contribution in [0.25, 0.3) is 0 Å².